The van der Waals surface area contributed by atoms with Crippen LogP contribution < -0.4 is 0 Å². The number of ether oxygens (including phenoxy) is 1. The van der Waals surface area contributed by atoms with Gasteiger partial charge in [-0.2, -0.15) is 13.2 Å². The van der Waals surface area contributed by atoms with Crippen LogP contribution in [-0.2, 0) is 10.9 Å². The molecule has 1 aliphatic heterocycles. The fraction of sp³-hybridized carbons (Fsp3) is 0.167. The number of hydrogen-bond donors (Lipinski definition) is 0. The number of rotatable bonds is 4. The van der Waals surface area contributed by atoms with Crippen molar-refractivity contribution in [2.75, 3.05) is 13.2 Å². The lowest BCUT2D eigenvalue weighted by atomic mass is 10.1. The number of alkyl halides is 3. The Morgan fingerprint density at radius 2 is 1.58 bits per heavy atom. The molecule has 0 aliphatic carbocycles. The summed E-state index contributed by atoms with van der Waals surface area (Å²) in [5.41, 5.74) is -0.696. The second kappa shape index (κ2) is 6.62. The van der Waals surface area contributed by atoms with Crippen molar-refractivity contribution in [1.29, 1.82) is 0 Å². The van der Waals surface area contributed by atoms with Gasteiger partial charge in [0.15, 0.2) is 0 Å². The molecule has 0 radical (unpaired) electrons. The lowest BCUT2D eigenvalue weighted by Gasteiger charge is -2.14. The molecule has 0 atom stereocenters. The van der Waals surface area contributed by atoms with Gasteiger partial charge in [-0.15, -0.1) is 0 Å². The zero-order valence-corrected chi connectivity index (χ0v) is 13.2. The molecule has 26 heavy (non-hydrogen) atoms. The first-order valence-corrected chi connectivity index (χ1v) is 7.58. The molecule has 2 aromatic rings. The van der Waals surface area contributed by atoms with E-state index >= 15 is 0 Å². The highest BCUT2D eigenvalue weighted by atomic mass is 19.4. The van der Waals surface area contributed by atoms with Crippen LogP contribution >= 0.6 is 0 Å². The van der Waals surface area contributed by atoms with Gasteiger partial charge >= 0.3 is 12.1 Å². The summed E-state index contributed by atoms with van der Waals surface area (Å²) in [5, 5.41) is 0. The summed E-state index contributed by atoms with van der Waals surface area (Å²) in [6.07, 6.45) is -4.57. The van der Waals surface area contributed by atoms with Crippen molar-refractivity contribution in [3.05, 3.63) is 70.8 Å². The Hall–Kier alpha value is -3.16. The van der Waals surface area contributed by atoms with Crippen LogP contribution in [0.15, 0.2) is 48.5 Å². The molecular weight excluding hydrogens is 351 g/mol. The summed E-state index contributed by atoms with van der Waals surface area (Å²) in [7, 11) is 0. The molecule has 0 N–H and O–H groups in total. The maximum absolute atomic E-state index is 12.7. The zero-order chi connectivity index (χ0) is 18.9. The number of benzene rings is 2. The molecule has 2 aromatic carbocycles. The second-order valence-corrected chi connectivity index (χ2v) is 5.52. The topological polar surface area (TPSA) is 63.7 Å². The van der Waals surface area contributed by atoms with E-state index in [4.69, 9.17) is 4.74 Å². The minimum absolute atomic E-state index is 0.183. The Labute approximate surface area is 146 Å². The Morgan fingerprint density at radius 1 is 0.962 bits per heavy atom. The van der Waals surface area contributed by atoms with Gasteiger partial charge in [0.2, 0.25) is 0 Å². The van der Waals surface area contributed by atoms with Crippen molar-refractivity contribution in [3.63, 3.8) is 0 Å². The van der Waals surface area contributed by atoms with Gasteiger partial charge in [0, 0.05) is 0 Å². The third kappa shape index (κ3) is 3.30. The zero-order valence-electron chi connectivity index (χ0n) is 13.2. The molecule has 8 heteroatoms. The summed E-state index contributed by atoms with van der Waals surface area (Å²) in [4.78, 5) is 37.1. The molecule has 0 spiro atoms. The van der Waals surface area contributed by atoms with Crippen LogP contribution in [-0.4, -0.2) is 35.8 Å². The standard InChI is InChI=1S/C18H12F3NO4/c19-18(20,21)12-5-3-4-11(10-12)17(25)26-9-8-22-15(23)13-6-1-2-7-14(13)16(22)24/h1-7,10H,8-9H2. The number of nitrogens with zero attached hydrogens (tertiary/aromatic N) is 1. The second-order valence-electron chi connectivity index (χ2n) is 5.52. The van der Waals surface area contributed by atoms with Crippen molar-refractivity contribution in [3.8, 4) is 0 Å². The minimum atomic E-state index is -4.57. The Kier molecular flexibility index (Phi) is 4.50. The molecule has 3 rings (SSSR count). The first kappa shape index (κ1) is 17.7. The van der Waals surface area contributed by atoms with Gasteiger partial charge < -0.3 is 4.74 Å². The smallest absolute Gasteiger partial charge is 0.416 e. The number of carbonyl (C=O) groups is 3. The van der Waals surface area contributed by atoms with Crippen molar-refractivity contribution in [2.45, 2.75) is 6.18 Å². The number of carbonyl (C=O) groups excluding carboxylic acids is 3. The number of fused-ring (bicyclic) bond motifs is 1. The highest BCUT2D eigenvalue weighted by molar-refractivity contribution is 6.21. The van der Waals surface area contributed by atoms with Gasteiger partial charge in [-0.05, 0) is 30.3 Å². The Balaban J connectivity index is 1.62. The van der Waals surface area contributed by atoms with E-state index in [-0.39, 0.29) is 29.8 Å². The summed E-state index contributed by atoms with van der Waals surface area (Å²) in [6.45, 7) is -0.502. The van der Waals surface area contributed by atoms with E-state index in [1.807, 2.05) is 0 Å². The summed E-state index contributed by atoms with van der Waals surface area (Å²) < 4.78 is 42.9. The number of halogens is 3. The predicted octanol–water partition coefficient (Wildman–Crippen LogP) is 3.16. The van der Waals surface area contributed by atoms with E-state index in [1.165, 1.54) is 18.2 Å². The van der Waals surface area contributed by atoms with E-state index in [0.717, 1.165) is 17.0 Å². The third-order valence-corrected chi connectivity index (χ3v) is 3.85. The maximum atomic E-state index is 12.7. The number of esters is 1. The first-order valence-electron chi connectivity index (χ1n) is 7.58. The van der Waals surface area contributed by atoms with Gasteiger partial charge in [-0.3, -0.25) is 14.5 Å². The van der Waals surface area contributed by atoms with E-state index in [9.17, 15) is 27.6 Å². The molecule has 0 aromatic heterocycles. The molecule has 0 saturated heterocycles. The van der Waals surface area contributed by atoms with Gasteiger partial charge in [-0.25, -0.2) is 4.79 Å². The fourth-order valence-electron chi connectivity index (χ4n) is 2.58. The van der Waals surface area contributed by atoms with Crippen LogP contribution in [0.3, 0.4) is 0 Å². The molecule has 1 aliphatic rings. The fourth-order valence-corrected chi connectivity index (χ4v) is 2.58. The van der Waals surface area contributed by atoms with Crippen LogP contribution in [0.2, 0.25) is 0 Å². The minimum Gasteiger partial charge on any atom is -0.460 e. The SMILES string of the molecule is O=C(OCCN1C(=O)c2ccccc2C1=O)c1cccc(C(F)(F)F)c1. The molecule has 0 fully saturated rings. The average molecular weight is 363 g/mol. The predicted molar refractivity (Wildman–Crippen MR) is 83.5 cm³/mol. The highest BCUT2D eigenvalue weighted by Gasteiger charge is 2.35. The quantitative estimate of drug-likeness (QED) is 0.618. The lowest BCUT2D eigenvalue weighted by Crippen LogP contribution is -2.33. The molecule has 5 nitrogen and oxygen atoms in total. The molecule has 0 bridgehead atoms. The first-order chi connectivity index (χ1) is 12.3. The highest BCUT2D eigenvalue weighted by Crippen LogP contribution is 2.29. The summed E-state index contributed by atoms with van der Waals surface area (Å²) in [6, 6.07) is 10.1. The molecule has 0 unspecified atom stereocenters. The Morgan fingerprint density at radius 3 is 2.15 bits per heavy atom. The van der Waals surface area contributed by atoms with E-state index in [0.29, 0.717) is 6.07 Å². The van der Waals surface area contributed by atoms with Crippen LogP contribution in [0.4, 0.5) is 13.2 Å². The van der Waals surface area contributed by atoms with Crippen molar-refractivity contribution < 1.29 is 32.3 Å². The largest absolute Gasteiger partial charge is 0.460 e. The van der Waals surface area contributed by atoms with Gasteiger partial charge in [0.25, 0.3) is 11.8 Å². The molecule has 0 saturated carbocycles. The van der Waals surface area contributed by atoms with Gasteiger partial charge in [0.05, 0.1) is 28.8 Å². The van der Waals surface area contributed by atoms with Crippen LogP contribution in [0.5, 0.6) is 0 Å². The molecular formula is C18H12F3NO4. The van der Waals surface area contributed by atoms with Crippen LogP contribution in [0.25, 0.3) is 0 Å². The van der Waals surface area contributed by atoms with E-state index < -0.39 is 29.5 Å². The van der Waals surface area contributed by atoms with Crippen molar-refractivity contribution >= 4 is 17.8 Å². The Bertz CT molecular complexity index is 857. The average Bonchev–Trinajstić information content (AvgIpc) is 2.86. The molecule has 2 amide bonds. The number of amides is 2. The molecule has 1 heterocycles. The summed E-state index contributed by atoms with van der Waals surface area (Å²) >= 11 is 0. The van der Waals surface area contributed by atoms with Crippen LogP contribution in [0, 0.1) is 0 Å². The van der Waals surface area contributed by atoms with E-state index in [1.54, 1.807) is 12.1 Å². The summed E-state index contributed by atoms with van der Waals surface area (Å²) in [5.74, 6) is -1.96. The monoisotopic (exact) mass is 363 g/mol. The van der Waals surface area contributed by atoms with Gasteiger partial charge in [-0.1, -0.05) is 18.2 Å². The van der Waals surface area contributed by atoms with Crippen LogP contribution in [0.1, 0.15) is 36.6 Å². The molecule has 134 valence electrons. The van der Waals surface area contributed by atoms with Crippen molar-refractivity contribution in [2.24, 2.45) is 0 Å². The maximum Gasteiger partial charge on any atom is 0.416 e. The van der Waals surface area contributed by atoms with Gasteiger partial charge in [0.1, 0.15) is 6.61 Å². The number of imide groups is 1. The lowest BCUT2D eigenvalue weighted by molar-refractivity contribution is -0.137. The number of hydrogen-bond acceptors (Lipinski definition) is 4. The third-order valence-electron chi connectivity index (χ3n) is 3.85. The normalized spacial score (nSPS) is 13.7. The van der Waals surface area contributed by atoms with Crippen molar-refractivity contribution in [1.82, 2.24) is 4.90 Å². The van der Waals surface area contributed by atoms with E-state index in [2.05, 4.69) is 0 Å².